The first-order valence-electron chi connectivity index (χ1n) is 7.08. The number of nitrogens with two attached hydrogens (primary N) is 1. The maximum absolute atomic E-state index is 6.36. The van der Waals surface area contributed by atoms with Crippen LogP contribution < -0.4 is 5.73 Å². The van der Waals surface area contributed by atoms with Gasteiger partial charge in [0.05, 0.1) is 0 Å². The lowest BCUT2D eigenvalue weighted by Gasteiger charge is -2.39. The largest absolute Gasteiger partial charge is 0.327 e. The zero-order valence-corrected chi connectivity index (χ0v) is 11.6. The highest BCUT2D eigenvalue weighted by atomic mass is 32.2. The number of thioether (sulfide) groups is 1. The maximum Gasteiger partial charge on any atom is 0.0227 e. The molecule has 0 aromatic carbocycles. The Morgan fingerprint density at radius 1 is 1.00 bits per heavy atom. The van der Waals surface area contributed by atoms with E-state index in [1.165, 1.54) is 44.9 Å². The van der Waals surface area contributed by atoms with Gasteiger partial charge in [-0.15, -0.1) is 0 Å². The van der Waals surface area contributed by atoms with Crippen molar-refractivity contribution in [3.63, 3.8) is 0 Å². The van der Waals surface area contributed by atoms with Crippen LogP contribution in [0.4, 0.5) is 0 Å². The van der Waals surface area contributed by atoms with Gasteiger partial charge in [-0.2, -0.15) is 11.8 Å². The molecule has 0 aromatic heterocycles. The van der Waals surface area contributed by atoms with E-state index in [0.29, 0.717) is 6.04 Å². The average molecular weight is 241 g/mol. The molecule has 0 aliphatic heterocycles. The van der Waals surface area contributed by atoms with Gasteiger partial charge in [-0.3, -0.25) is 0 Å². The first-order chi connectivity index (χ1) is 7.66. The molecule has 94 valence electrons. The van der Waals surface area contributed by atoms with Crippen LogP contribution in [0.1, 0.15) is 58.8 Å². The van der Waals surface area contributed by atoms with Crippen molar-refractivity contribution in [2.24, 2.45) is 17.6 Å². The predicted octanol–water partition coefficient (Wildman–Crippen LogP) is 3.81. The fraction of sp³-hybridized carbons (Fsp3) is 1.00. The van der Waals surface area contributed by atoms with Crippen LogP contribution in [0.15, 0.2) is 0 Å². The molecule has 16 heavy (non-hydrogen) atoms. The van der Waals surface area contributed by atoms with Gasteiger partial charge in [-0.05, 0) is 37.5 Å². The topological polar surface area (TPSA) is 26.0 Å². The van der Waals surface area contributed by atoms with E-state index < -0.39 is 0 Å². The average Bonchev–Trinajstić information content (AvgIpc) is 2.25. The van der Waals surface area contributed by atoms with Crippen LogP contribution in [0.2, 0.25) is 0 Å². The third kappa shape index (κ3) is 3.16. The minimum Gasteiger partial charge on any atom is -0.327 e. The van der Waals surface area contributed by atoms with Crippen molar-refractivity contribution in [3.8, 4) is 0 Å². The van der Waals surface area contributed by atoms with Gasteiger partial charge in [0.2, 0.25) is 0 Å². The second-order valence-corrected chi connectivity index (χ2v) is 7.56. The molecule has 0 aromatic rings. The Hall–Kier alpha value is 0.310. The molecule has 2 aliphatic rings. The maximum atomic E-state index is 6.36. The standard InChI is InChI=1S/C14H27NS/c1-10-8-11(2)14(13(15)9-10)16-12-6-4-3-5-7-12/h10-14H,3-9,15H2,1-2H3. The van der Waals surface area contributed by atoms with E-state index in [4.69, 9.17) is 5.73 Å². The van der Waals surface area contributed by atoms with Crippen molar-refractivity contribution in [2.75, 3.05) is 0 Å². The van der Waals surface area contributed by atoms with E-state index in [0.717, 1.165) is 22.3 Å². The van der Waals surface area contributed by atoms with Crippen molar-refractivity contribution < 1.29 is 0 Å². The molecule has 2 N–H and O–H groups in total. The molecule has 0 bridgehead atoms. The van der Waals surface area contributed by atoms with Gasteiger partial charge in [-0.1, -0.05) is 33.1 Å². The van der Waals surface area contributed by atoms with Crippen LogP contribution in [-0.2, 0) is 0 Å². The molecule has 4 atom stereocenters. The number of hydrogen-bond donors (Lipinski definition) is 1. The summed E-state index contributed by atoms with van der Waals surface area (Å²) in [5, 5.41) is 1.65. The van der Waals surface area contributed by atoms with Gasteiger partial charge >= 0.3 is 0 Å². The summed E-state index contributed by atoms with van der Waals surface area (Å²) in [6.45, 7) is 4.77. The minimum absolute atomic E-state index is 0.450. The molecule has 0 amide bonds. The zero-order valence-electron chi connectivity index (χ0n) is 10.8. The molecule has 4 unspecified atom stereocenters. The highest BCUT2D eigenvalue weighted by Crippen LogP contribution is 2.40. The SMILES string of the molecule is CC1CC(C)C(SC2CCCCC2)C(N)C1. The summed E-state index contributed by atoms with van der Waals surface area (Å²) in [5.74, 6) is 1.67. The summed E-state index contributed by atoms with van der Waals surface area (Å²) >= 11 is 2.23. The summed E-state index contributed by atoms with van der Waals surface area (Å²) in [6, 6.07) is 0.450. The lowest BCUT2D eigenvalue weighted by atomic mass is 9.80. The normalized spacial score (nSPS) is 42.2. The fourth-order valence-corrected chi connectivity index (χ4v) is 5.29. The molecule has 0 spiro atoms. The molecule has 0 radical (unpaired) electrons. The van der Waals surface area contributed by atoms with E-state index in [2.05, 4.69) is 25.6 Å². The fourth-order valence-electron chi connectivity index (χ4n) is 3.54. The van der Waals surface area contributed by atoms with Crippen LogP contribution in [0.5, 0.6) is 0 Å². The Labute approximate surface area is 105 Å². The molecule has 2 aliphatic carbocycles. The summed E-state index contributed by atoms with van der Waals surface area (Å²) in [7, 11) is 0. The smallest absolute Gasteiger partial charge is 0.0227 e. The Kier molecular flexibility index (Phi) is 4.60. The molecule has 2 fully saturated rings. The van der Waals surface area contributed by atoms with E-state index in [1.54, 1.807) is 0 Å². The van der Waals surface area contributed by atoms with Crippen molar-refractivity contribution >= 4 is 11.8 Å². The monoisotopic (exact) mass is 241 g/mol. The Balaban J connectivity index is 1.86. The molecule has 0 saturated heterocycles. The second kappa shape index (κ2) is 5.77. The quantitative estimate of drug-likeness (QED) is 0.795. The van der Waals surface area contributed by atoms with Crippen molar-refractivity contribution in [1.82, 2.24) is 0 Å². The lowest BCUT2D eigenvalue weighted by Crippen LogP contribution is -2.44. The van der Waals surface area contributed by atoms with Crippen LogP contribution >= 0.6 is 11.8 Å². The van der Waals surface area contributed by atoms with E-state index >= 15 is 0 Å². The van der Waals surface area contributed by atoms with E-state index in [9.17, 15) is 0 Å². The molecule has 2 saturated carbocycles. The van der Waals surface area contributed by atoms with Gasteiger partial charge in [0, 0.05) is 16.5 Å². The molecular formula is C14H27NS. The minimum atomic E-state index is 0.450. The molecule has 0 heterocycles. The number of hydrogen-bond acceptors (Lipinski definition) is 2. The van der Waals surface area contributed by atoms with Gasteiger partial charge in [-0.25, -0.2) is 0 Å². The van der Waals surface area contributed by atoms with Gasteiger partial charge in [0.25, 0.3) is 0 Å². The van der Waals surface area contributed by atoms with Crippen LogP contribution in [0.25, 0.3) is 0 Å². The lowest BCUT2D eigenvalue weighted by molar-refractivity contribution is 0.278. The molecule has 2 heteroatoms. The third-order valence-electron chi connectivity index (χ3n) is 4.33. The highest BCUT2D eigenvalue weighted by molar-refractivity contribution is 8.00. The second-order valence-electron chi connectivity index (χ2n) is 6.08. The van der Waals surface area contributed by atoms with Crippen LogP contribution in [0.3, 0.4) is 0 Å². The van der Waals surface area contributed by atoms with E-state index in [1.807, 2.05) is 0 Å². The Morgan fingerprint density at radius 2 is 1.69 bits per heavy atom. The van der Waals surface area contributed by atoms with E-state index in [-0.39, 0.29) is 0 Å². The summed E-state index contributed by atoms with van der Waals surface area (Å²) in [4.78, 5) is 0. The van der Waals surface area contributed by atoms with Gasteiger partial charge in [0.1, 0.15) is 0 Å². The van der Waals surface area contributed by atoms with Gasteiger partial charge in [0.15, 0.2) is 0 Å². The summed E-state index contributed by atoms with van der Waals surface area (Å²) < 4.78 is 0. The molecule has 2 rings (SSSR count). The van der Waals surface area contributed by atoms with Crippen molar-refractivity contribution in [2.45, 2.75) is 75.3 Å². The summed E-state index contributed by atoms with van der Waals surface area (Å²) in [6.07, 6.45) is 9.87. The predicted molar refractivity (Wildman–Crippen MR) is 73.8 cm³/mol. The summed E-state index contributed by atoms with van der Waals surface area (Å²) in [5.41, 5.74) is 6.36. The highest BCUT2D eigenvalue weighted by Gasteiger charge is 2.33. The Bertz CT molecular complexity index is 201. The van der Waals surface area contributed by atoms with Crippen LogP contribution in [0, 0.1) is 11.8 Å². The molecular weight excluding hydrogens is 214 g/mol. The third-order valence-corrected chi connectivity index (χ3v) is 6.32. The zero-order chi connectivity index (χ0) is 11.5. The van der Waals surface area contributed by atoms with Crippen molar-refractivity contribution in [3.05, 3.63) is 0 Å². The Morgan fingerprint density at radius 3 is 2.31 bits per heavy atom. The number of rotatable bonds is 2. The van der Waals surface area contributed by atoms with Gasteiger partial charge < -0.3 is 5.73 Å². The molecule has 1 nitrogen and oxygen atoms in total. The van der Waals surface area contributed by atoms with Crippen LogP contribution in [-0.4, -0.2) is 16.5 Å². The first-order valence-corrected chi connectivity index (χ1v) is 8.02. The first kappa shape index (κ1) is 12.8. The van der Waals surface area contributed by atoms with Crippen molar-refractivity contribution in [1.29, 1.82) is 0 Å².